The first-order valence-corrected chi connectivity index (χ1v) is 8.17. The van der Waals surface area contributed by atoms with Crippen molar-refractivity contribution in [1.29, 1.82) is 0 Å². The number of nitrogens with zero attached hydrogens (tertiary/aromatic N) is 3. The van der Waals surface area contributed by atoms with Crippen LogP contribution in [0.2, 0.25) is 0 Å². The van der Waals surface area contributed by atoms with E-state index < -0.39 is 0 Å². The Balaban J connectivity index is 1.89. The van der Waals surface area contributed by atoms with E-state index in [9.17, 15) is 0 Å². The number of ether oxygens (including phenoxy) is 1. The van der Waals surface area contributed by atoms with Crippen LogP contribution in [0.4, 0.5) is 0 Å². The predicted octanol–water partition coefficient (Wildman–Crippen LogP) is 3.27. The lowest BCUT2D eigenvalue weighted by molar-refractivity contribution is 0.0154. The summed E-state index contributed by atoms with van der Waals surface area (Å²) in [5.41, 5.74) is 1.11. The maximum Gasteiger partial charge on any atom is 0.148 e. The highest BCUT2D eigenvalue weighted by molar-refractivity contribution is 9.08. The second-order valence-electron chi connectivity index (χ2n) is 5.03. The molecule has 1 saturated heterocycles. The molecule has 1 aliphatic rings. The highest BCUT2D eigenvalue weighted by atomic mass is 79.9. The number of benzene rings is 1. The van der Waals surface area contributed by atoms with Gasteiger partial charge in [0.15, 0.2) is 0 Å². The molecule has 0 amide bonds. The summed E-state index contributed by atoms with van der Waals surface area (Å²) in [5.74, 6) is 1.92. The summed E-state index contributed by atoms with van der Waals surface area (Å²) in [4.78, 5) is 0. The molecule has 3 rings (SSSR count). The monoisotopic (exact) mass is 335 g/mol. The Kier molecular flexibility index (Phi) is 4.47. The molecule has 1 aromatic heterocycles. The van der Waals surface area contributed by atoms with Crippen molar-refractivity contribution >= 4 is 15.9 Å². The van der Waals surface area contributed by atoms with Gasteiger partial charge in [-0.1, -0.05) is 34.1 Å². The number of halogens is 1. The molecule has 0 bridgehead atoms. The number of hydrogen-bond donors (Lipinski definition) is 0. The molecule has 1 atom stereocenters. The molecule has 0 spiro atoms. The Morgan fingerprint density at radius 2 is 1.95 bits per heavy atom. The van der Waals surface area contributed by atoms with Crippen molar-refractivity contribution in [2.24, 2.45) is 0 Å². The lowest BCUT2D eigenvalue weighted by Gasteiger charge is -2.22. The number of rotatable bonds is 4. The maximum atomic E-state index is 5.82. The van der Waals surface area contributed by atoms with Crippen LogP contribution in [-0.2, 0) is 16.5 Å². The Morgan fingerprint density at radius 3 is 2.65 bits per heavy atom. The van der Waals surface area contributed by atoms with Crippen LogP contribution in [0.15, 0.2) is 30.3 Å². The topological polar surface area (TPSA) is 39.9 Å². The summed E-state index contributed by atoms with van der Waals surface area (Å²) in [6.07, 6.45) is 4.64. The summed E-state index contributed by atoms with van der Waals surface area (Å²) >= 11 is 3.49. The largest absolute Gasteiger partial charge is 0.378 e. The second kappa shape index (κ2) is 6.50. The summed E-state index contributed by atoms with van der Waals surface area (Å²) in [6, 6.07) is 10.3. The molecule has 5 heteroatoms. The zero-order valence-electron chi connectivity index (χ0n) is 11.3. The molecule has 0 N–H and O–H groups in total. The van der Waals surface area contributed by atoms with E-state index in [-0.39, 0.29) is 6.10 Å². The van der Waals surface area contributed by atoms with E-state index in [0.717, 1.165) is 36.8 Å². The van der Waals surface area contributed by atoms with Crippen molar-refractivity contribution in [3.05, 3.63) is 42.0 Å². The summed E-state index contributed by atoms with van der Waals surface area (Å²) in [5, 5.41) is 9.34. The average molecular weight is 336 g/mol. The fourth-order valence-electron chi connectivity index (χ4n) is 2.62. The third-order valence-corrected chi connectivity index (χ3v) is 4.12. The highest BCUT2D eigenvalue weighted by Gasteiger charge is 2.20. The Bertz CT molecular complexity index is 550. The summed E-state index contributed by atoms with van der Waals surface area (Å²) in [7, 11) is 0. The minimum absolute atomic E-state index is 0.276. The van der Waals surface area contributed by atoms with Crippen LogP contribution in [0.5, 0.6) is 0 Å². The van der Waals surface area contributed by atoms with Gasteiger partial charge in [-0.25, -0.2) is 0 Å². The second-order valence-corrected chi connectivity index (χ2v) is 5.59. The lowest BCUT2D eigenvalue weighted by atomic mass is 10.1. The highest BCUT2D eigenvalue weighted by Crippen LogP contribution is 2.20. The zero-order valence-corrected chi connectivity index (χ0v) is 12.9. The van der Waals surface area contributed by atoms with Gasteiger partial charge in [0.2, 0.25) is 0 Å². The van der Waals surface area contributed by atoms with E-state index in [2.05, 4.69) is 42.8 Å². The number of para-hydroxylation sites is 1. The molecule has 1 aliphatic heterocycles. The van der Waals surface area contributed by atoms with Gasteiger partial charge in [0, 0.05) is 18.7 Å². The molecule has 1 fully saturated rings. The standard InChI is InChI=1S/C15H18BrN3O/c16-11-15-18-17-14(10-13-8-4-5-9-20-13)19(15)12-6-2-1-3-7-12/h1-3,6-7,13H,4-5,8-11H2. The molecule has 2 aromatic rings. The molecule has 1 aromatic carbocycles. The molecule has 1 unspecified atom stereocenters. The van der Waals surface area contributed by atoms with Gasteiger partial charge in [0.1, 0.15) is 11.6 Å². The average Bonchev–Trinajstić information content (AvgIpc) is 2.92. The van der Waals surface area contributed by atoms with Crippen molar-refractivity contribution in [2.45, 2.75) is 37.1 Å². The van der Waals surface area contributed by atoms with Gasteiger partial charge in [0.25, 0.3) is 0 Å². The molecule has 106 valence electrons. The van der Waals surface area contributed by atoms with Crippen LogP contribution in [0.25, 0.3) is 5.69 Å². The van der Waals surface area contributed by atoms with Crippen LogP contribution in [0, 0.1) is 0 Å². The van der Waals surface area contributed by atoms with Crippen LogP contribution in [-0.4, -0.2) is 27.5 Å². The molecule has 0 radical (unpaired) electrons. The number of aromatic nitrogens is 3. The molecule has 20 heavy (non-hydrogen) atoms. The Morgan fingerprint density at radius 1 is 1.15 bits per heavy atom. The zero-order chi connectivity index (χ0) is 13.8. The van der Waals surface area contributed by atoms with Crippen LogP contribution >= 0.6 is 15.9 Å². The van der Waals surface area contributed by atoms with E-state index in [0.29, 0.717) is 5.33 Å². The molecule has 0 saturated carbocycles. The fraction of sp³-hybridized carbons (Fsp3) is 0.467. The van der Waals surface area contributed by atoms with E-state index in [1.165, 1.54) is 12.8 Å². The lowest BCUT2D eigenvalue weighted by Crippen LogP contribution is -2.23. The molecular formula is C15H18BrN3O. The van der Waals surface area contributed by atoms with Gasteiger partial charge in [-0.2, -0.15) is 0 Å². The smallest absolute Gasteiger partial charge is 0.148 e. The minimum Gasteiger partial charge on any atom is -0.378 e. The van der Waals surface area contributed by atoms with Gasteiger partial charge >= 0.3 is 0 Å². The number of alkyl halides is 1. The van der Waals surface area contributed by atoms with Crippen molar-refractivity contribution in [2.75, 3.05) is 6.61 Å². The normalized spacial score (nSPS) is 19.1. The van der Waals surface area contributed by atoms with Crippen LogP contribution in [0.1, 0.15) is 30.9 Å². The molecule has 0 aliphatic carbocycles. The van der Waals surface area contributed by atoms with E-state index in [4.69, 9.17) is 4.74 Å². The summed E-state index contributed by atoms with van der Waals surface area (Å²) < 4.78 is 7.95. The third-order valence-electron chi connectivity index (χ3n) is 3.62. The number of hydrogen-bond acceptors (Lipinski definition) is 3. The van der Waals surface area contributed by atoms with Crippen molar-refractivity contribution in [1.82, 2.24) is 14.8 Å². The van der Waals surface area contributed by atoms with E-state index in [1.807, 2.05) is 18.2 Å². The SMILES string of the molecule is BrCc1nnc(CC2CCCCO2)n1-c1ccccc1. The molecular weight excluding hydrogens is 318 g/mol. The third kappa shape index (κ3) is 2.94. The first-order chi connectivity index (χ1) is 9.88. The Labute approximate surface area is 127 Å². The van der Waals surface area contributed by atoms with Gasteiger partial charge < -0.3 is 4.74 Å². The minimum atomic E-state index is 0.276. The van der Waals surface area contributed by atoms with Crippen molar-refractivity contribution in [3.8, 4) is 5.69 Å². The van der Waals surface area contributed by atoms with Gasteiger partial charge in [0.05, 0.1) is 11.4 Å². The first kappa shape index (κ1) is 13.8. The molecule has 4 nitrogen and oxygen atoms in total. The first-order valence-electron chi connectivity index (χ1n) is 7.04. The van der Waals surface area contributed by atoms with Gasteiger partial charge in [-0.15, -0.1) is 10.2 Å². The van der Waals surface area contributed by atoms with E-state index in [1.54, 1.807) is 0 Å². The molecule has 2 heterocycles. The van der Waals surface area contributed by atoms with Crippen molar-refractivity contribution < 1.29 is 4.74 Å². The van der Waals surface area contributed by atoms with Crippen LogP contribution in [0.3, 0.4) is 0 Å². The quantitative estimate of drug-likeness (QED) is 0.805. The predicted molar refractivity (Wildman–Crippen MR) is 81.3 cm³/mol. The van der Waals surface area contributed by atoms with Gasteiger partial charge in [-0.05, 0) is 31.4 Å². The van der Waals surface area contributed by atoms with Crippen LogP contribution < -0.4 is 0 Å². The van der Waals surface area contributed by atoms with Gasteiger partial charge in [-0.3, -0.25) is 4.57 Å². The Hall–Kier alpha value is -1.20. The van der Waals surface area contributed by atoms with Crippen molar-refractivity contribution in [3.63, 3.8) is 0 Å². The fourth-order valence-corrected chi connectivity index (χ4v) is 2.98. The summed E-state index contributed by atoms with van der Waals surface area (Å²) in [6.45, 7) is 0.870. The maximum absolute atomic E-state index is 5.82. The van der Waals surface area contributed by atoms with E-state index >= 15 is 0 Å².